The number of unbranched alkanes of at least 4 members (excludes halogenated alkanes) is 1. The fourth-order valence-corrected chi connectivity index (χ4v) is 3.68. The van der Waals surface area contributed by atoms with Gasteiger partial charge in [0.1, 0.15) is 11.4 Å². The maximum absolute atomic E-state index is 13.1. The molecule has 0 aliphatic heterocycles. The molecule has 144 valence electrons. The summed E-state index contributed by atoms with van der Waals surface area (Å²) in [7, 11) is 0. The summed E-state index contributed by atoms with van der Waals surface area (Å²) in [5.74, 6) is -0.794. The molecule has 0 spiro atoms. The highest BCUT2D eigenvalue weighted by Crippen LogP contribution is 2.21. The molecular formula is C22H27FN2O2. The number of rotatable bonds is 5. The minimum Gasteiger partial charge on any atom is -0.322 e. The van der Waals surface area contributed by atoms with Gasteiger partial charge in [0.2, 0.25) is 0 Å². The molecule has 1 aliphatic carbocycles. The van der Waals surface area contributed by atoms with Gasteiger partial charge >= 0.3 is 0 Å². The van der Waals surface area contributed by atoms with Crippen molar-refractivity contribution in [1.29, 1.82) is 0 Å². The second kappa shape index (κ2) is 8.98. The van der Waals surface area contributed by atoms with Crippen molar-refractivity contribution in [3.05, 3.63) is 63.3 Å². The first-order valence-electron chi connectivity index (χ1n) is 9.92. The number of aromatic nitrogens is 1. The van der Waals surface area contributed by atoms with Gasteiger partial charge in [0, 0.05) is 17.9 Å². The highest BCUT2D eigenvalue weighted by molar-refractivity contribution is 6.04. The number of nitrogens with one attached hydrogen (secondary N) is 1. The molecule has 0 atom stereocenters. The maximum atomic E-state index is 13.1. The zero-order valence-electron chi connectivity index (χ0n) is 15.9. The molecule has 0 saturated carbocycles. The van der Waals surface area contributed by atoms with Crippen LogP contribution in [0.3, 0.4) is 0 Å². The van der Waals surface area contributed by atoms with E-state index in [1.54, 1.807) is 6.07 Å². The van der Waals surface area contributed by atoms with E-state index in [1.807, 2.05) is 4.57 Å². The molecule has 0 unspecified atom stereocenters. The average molecular weight is 370 g/mol. The lowest BCUT2D eigenvalue weighted by molar-refractivity contribution is 0.102. The maximum Gasteiger partial charge on any atom is 0.263 e. The van der Waals surface area contributed by atoms with Crippen LogP contribution in [0.25, 0.3) is 0 Å². The molecule has 1 aromatic heterocycles. The molecule has 5 heteroatoms. The fourth-order valence-electron chi connectivity index (χ4n) is 3.68. The zero-order chi connectivity index (χ0) is 19.2. The van der Waals surface area contributed by atoms with Crippen molar-refractivity contribution in [3.8, 4) is 0 Å². The Balaban J connectivity index is 1.98. The van der Waals surface area contributed by atoms with Gasteiger partial charge < -0.3 is 9.88 Å². The Hall–Kier alpha value is -2.43. The van der Waals surface area contributed by atoms with Gasteiger partial charge in [-0.15, -0.1) is 0 Å². The number of carbonyl (C=O) groups excluding carboxylic acids is 1. The summed E-state index contributed by atoms with van der Waals surface area (Å²) in [5, 5.41) is 2.73. The number of fused-ring (bicyclic) bond motifs is 1. The standard InChI is InChI=1S/C22H27FN2O2/c1-2-3-14-25-20-9-7-5-4-6-8-16(20)15-19(22(25)27)21(26)24-18-12-10-17(23)11-13-18/h10-13,15H,2-9,14H2,1H3,(H,24,26). The van der Waals surface area contributed by atoms with Gasteiger partial charge in [-0.05, 0) is 68.0 Å². The molecule has 0 saturated heterocycles. The van der Waals surface area contributed by atoms with Crippen molar-refractivity contribution in [1.82, 2.24) is 4.57 Å². The summed E-state index contributed by atoms with van der Waals surface area (Å²) < 4.78 is 14.9. The summed E-state index contributed by atoms with van der Waals surface area (Å²) in [6, 6.07) is 7.35. The molecule has 1 aromatic carbocycles. The fraction of sp³-hybridized carbons (Fsp3) is 0.455. The number of hydrogen-bond donors (Lipinski definition) is 1. The number of nitrogens with zero attached hydrogens (tertiary/aromatic N) is 1. The van der Waals surface area contributed by atoms with Crippen LogP contribution in [0.5, 0.6) is 0 Å². The van der Waals surface area contributed by atoms with Crippen LogP contribution in [-0.4, -0.2) is 10.5 Å². The molecule has 1 heterocycles. The normalized spacial score (nSPS) is 14.1. The Morgan fingerprint density at radius 1 is 1.11 bits per heavy atom. The lowest BCUT2D eigenvalue weighted by atomic mass is 9.95. The molecule has 1 aliphatic rings. The van der Waals surface area contributed by atoms with E-state index in [2.05, 4.69) is 12.2 Å². The molecule has 27 heavy (non-hydrogen) atoms. The van der Waals surface area contributed by atoms with Crippen LogP contribution in [0, 0.1) is 5.82 Å². The van der Waals surface area contributed by atoms with Crippen LogP contribution in [0.2, 0.25) is 0 Å². The quantitative estimate of drug-likeness (QED) is 0.829. The molecule has 3 rings (SSSR count). The lowest BCUT2D eigenvalue weighted by Gasteiger charge is -2.21. The van der Waals surface area contributed by atoms with Gasteiger partial charge in [-0.3, -0.25) is 9.59 Å². The molecule has 2 aromatic rings. The Bertz CT molecular complexity index is 856. The van der Waals surface area contributed by atoms with Crippen LogP contribution < -0.4 is 10.9 Å². The second-order valence-electron chi connectivity index (χ2n) is 7.22. The largest absolute Gasteiger partial charge is 0.322 e. The smallest absolute Gasteiger partial charge is 0.263 e. The second-order valence-corrected chi connectivity index (χ2v) is 7.22. The third-order valence-corrected chi connectivity index (χ3v) is 5.18. The van der Waals surface area contributed by atoms with Gasteiger partial charge in [-0.1, -0.05) is 26.2 Å². The lowest BCUT2D eigenvalue weighted by Crippen LogP contribution is -2.33. The van der Waals surface area contributed by atoms with Crippen LogP contribution >= 0.6 is 0 Å². The first-order valence-corrected chi connectivity index (χ1v) is 9.92. The number of benzene rings is 1. The summed E-state index contributed by atoms with van der Waals surface area (Å²) in [6.07, 6.45) is 8.24. The van der Waals surface area contributed by atoms with E-state index in [4.69, 9.17) is 0 Å². The monoisotopic (exact) mass is 370 g/mol. The minimum absolute atomic E-state index is 0.176. The number of hydrogen-bond acceptors (Lipinski definition) is 2. The number of anilines is 1. The van der Waals surface area contributed by atoms with E-state index in [0.29, 0.717) is 12.2 Å². The topological polar surface area (TPSA) is 51.1 Å². The Kier molecular flexibility index (Phi) is 6.43. The number of pyridine rings is 1. The van der Waals surface area contributed by atoms with Crippen molar-refractivity contribution in [3.63, 3.8) is 0 Å². The van der Waals surface area contributed by atoms with E-state index in [1.165, 1.54) is 37.1 Å². The summed E-state index contributed by atoms with van der Waals surface area (Å²) >= 11 is 0. The predicted molar refractivity (Wildman–Crippen MR) is 106 cm³/mol. The third kappa shape index (κ3) is 4.65. The van der Waals surface area contributed by atoms with Crippen LogP contribution in [0.4, 0.5) is 10.1 Å². The summed E-state index contributed by atoms with van der Waals surface area (Å²) in [5.41, 5.74) is 2.66. The Morgan fingerprint density at radius 3 is 2.52 bits per heavy atom. The molecule has 0 fully saturated rings. The molecule has 1 amide bonds. The van der Waals surface area contributed by atoms with Crippen molar-refractivity contribution in [2.24, 2.45) is 0 Å². The van der Waals surface area contributed by atoms with Gasteiger partial charge in [0.15, 0.2) is 0 Å². The molecule has 4 nitrogen and oxygen atoms in total. The first kappa shape index (κ1) is 19.3. The summed E-state index contributed by atoms with van der Waals surface area (Å²) in [6.45, 7) is 2.75. The van der Waals surface area contributed by atoms with E-state index in [0.717, 1.165) is 49.8 Å². The molecule has 0 bridgehead atoms. The highest BCUT2D eigenvalue weighted by atomic mass is 19.1. The van der Waals surface area contributed by atoms with E-state index in [-0.39, 0.29) is 16.9 Å². The predicted octanol–water partition coefficient (Wildman–Crippen LogP) is 4.70. The first-order chi connectivity index (χ1) is 13.1. The van der Waals surface area contributed by atoms with Gasteiger partial charge in [-0.25, -0.2) is 4.39 Å². The van der Waals surface area contributed by atoms with E-state index in [9.17, 15) is 14.0 Å². The number of halogens is 1. The molecule has 1 N–H and O–H groups in total. The molecule has 0 radical (unpaired) electrons. The molecular weight excluding hydrogens is 343 g/mol. The third-order valence-electron chi connectivity index (χ3n) is 5.18. The summed E-state index contributed by atoms with van der Waals surface area (Å²) in [4.78, 5) is 25.8. The van der Waals surface area contributed by atoms with Crippen molar-refractivity contribution in [2.45, 2.75) is 64.8 Å². The minimum atomic E-state index is -0.429. The SMILES string of the molecule is CCCCn1c2c(cc(C(=O)Nc3ccc(F)cc3)c1=O)CCCCCC2. The number of aryl methyl sites for hydroxylation is 1. The van der Waals surface area contributed by atoms with Gasteiger partial charge in [0.05, 0.1) is 0 Å². The average Bonchev–Trinajstić information content (AvgIpc) is 2.64. The Morgan fingerprint density at radius 2 is 1.81 bits per heavy atom. The van der Waals surface area contributed by atoms with Crippen molar-refractivity contribution in [2.75, 3.05) is 5.32 Å². The Labute approximate surface area is 159 Å². The van der Waals surface area contributed by atoms with Gasteiger partial charge in [0.25, 0.3) is 11.5 Å². The van der Waals surface area contributed by atoms with Crippen LogP contribution in [0.15, 0.2) is 35.1 Å². The highest BCUT2D eigenvalue weighted by Gasteiger charge is 2.20. The van der Waals surface area contributed by atoms with E-state index < -0.39 is 5.91 Å². The van der Waals surface area contributed by atoms with Crippen LogP contribution in [0.1, 0.15) is 67.1 Å². The van der Waals surface area contributed by atoms with Crippen LogP contribution in [-0.2, 0) is 19.4 Å². The van der Waals surface area contributed by atoms with Crippen molar-refractivity contribution >= 4 is 11.6 Å². The zero-order valence-corrected chi connectivity index (χ0v) is 15.9. The number of amides is 1. The number of carbonyl (C=O) groups is 1. The van der Waals surface area contributed by atoms with Crippen molar-refractivity contribution < 1.29 is 9.18 Å². The van der Waals surface area contributed by atoms with Gasteiger partial charge in [-0.2, -0.15) is 0 Å². The van der Waals surface area contributed by atoms with E-state index >= 15 is 0 Å².